The Morgan fingerprint density at radius 2 is 2.15 bits per heavy atom. The van der Waals surface area contributed by atoms with Crippen molar-refractivity contribution in [1.82, 2.24) is 5.32 Å². The molecule has 0 aliphatic heterocycles. The van der Waals surface area contributed by atoms with E-state index in [4.69, 9.17) is 15.2 Å². The van der Waals surface area contributed by atoms with Crippen molar-refractivity contribution in [3.63, 3.8) is 0 Å². The average Bonchev–Trinajstić information content (AvgIpc) is 2.38. The number of nitrogens with one attached hydrogen (secondary N) is 1. The van der Waals surface area contributed by atoms with Crippen LogP contribution >= 0.6 is 0 Å². The molecule has 2 unspecified atom stereocenters. The van der Waals surface area contributed by atoms with Gasteiger partial charge < -0.3 is 20.5 Å². The highest BCUT2D eigenvalue weighted by molar-refractivity contribution is 7.85. The minimum Gasteiger partial charge on any atom is -0.495 e. The number of ether oxygens (including phenoxy) is 2. The fourth-order valence-electron chi connectivity index (χ4n) is 1.68. The van der Waals surface area contributed by atoms with Crippen LogP contribution in [0.5, 0.6) is 5.75 Å². The highest BCUT2D eigenvalue weighted by Gasteiger charge is 2.16. The second-order valence-corrected chi connectivity index (χ2v) is 5.74. The number of nitrogen functional groups attached to an aromatic ring is 1. The van der Waals surface area contributed by atoms with Crippen LogP contribution in [0.25, 0.3) is 0 Å². The van der Waals surface area contributed by atoms with Gasteiger partial charge in [0, 0.05) is 24.9 Å². The first-order valence-electron chi connectivity index (χ1n) is 6.08. The van der Waals surface area contributed by atoms with E-state index >= 15 is 0 Å². The SMILES string of the molecule is COCC(C)NC(=O)CS(=O)c1ccc(N)cc1OC. The molecule has 0 aliphatic rings. The molecule has 0 saturated heterocycles. The topological polar surface area (TPSA) is 90.7 Å². The van der Waals surface area contributed by atoms with E-state index in [1.807, 2.05) is 6.92 Å². The molecule has 0 radical (unpaired) electrons. The summed E-state index contributed by atoms with van der Waals surface area (Å²) in [4.78, 5) is 12.2. The van der Waals surface area contributed by atoms with Crippen LogP contribution in [0.3, 0.4) is 0 Å². The van der Waals surface area contributed by atoms with Gasteiger partial charge >= 0.3 is 0 Å². The number of carbonyl (C=O) groups is 1. The Balaban J connectivity index is 2.69. The summed E-state index contributed by atoms with van der Waals surface area (Å²) < 4.78 is 22.2. The molecule has 1 amide bonds. The summed E-state index contributed by atoms with van der Waals surface area (Å²) in [6.45, 7) is 2.22. The van der Waals surface area contributed by atoms with Gasteiger partial charge in [0.05, 0.1) is 29.4 Å². The molecule has 0 heterocycles. The lowest BCUT2D eigenvalue weighted by Crippen LogP contribution is -2.38. The number of rotatable bonds is 7. The largest absolute Gasteiger partial charge is 0.495 e. The van der Waals surface area contributed by atoms with Crippen molar-refractivity contribution in [2.24, 2.45) is 0 Å². The van der Waals surface area contributed by atoms with Crippen LogP contribution in [-0.4, -0.2) is 42.7 Å². The van der Waals surface area contributed by atoms with Crippen LogP contribution in [0.1, 0.15) is 6.92 Å². The highest BCUT2D eigenvalue weighted by atomic mass is 32.2. The minimum atomic E-state index is -1.49. The van der Waals surface area contributed by atoms with Crippen molar-refractivity contribution >= 4 is 22.4 Å². The molecular weight excluding hydrogens is 280 g/mol. The van der Waals surface area contributed by atoms with Gasteiger partial charge in [0.15, 0.2) is 0 Å². The first-order chi connectivity index (χ1) is 9.47. The summed E-state index contributed by atoms with van der Waals surface area (Å²) in [5, 5.41) is 2.71. The molecule has 112 valence electrons. The lowest BCUT2D eigenvalue weighted by atomic mass is 10.3. The number of hydrogen-bond donors (Lipinski definition) is 2. The van der Waals surface area contributed by atoms with E-state index in [9.17, 15) is 9.00 Å². The molecule has 3 N–H and O–H groups in total. The van der Waals surface area contributed by atoms with Crippen LogP contribution in [0.2, 0.25) is 0 Å². The van der Waals surface area contributed by atoms with Gasteiger partial charge in [-0.15, -0.1) is 0 Å². The Labute approximate surface area is 121 Å². The standard InChI is InChI=1S/C13H20N2O4S/c1-9(7-18-2)15-13(16)8-20(17)12-5-4-10(14)6-11(12)19-3/h4-6,9H,7-8,14H2,1-3H3,(H,15,16). The van der Waals surface area contributed by atoms with Crippen LogP contribution in [0, 0.1) is 0 Å². The Hall–Kier alpha value is -1.60. The molecule has 0 fully saturated rings. The summed E-state index contributed by atoms with van der Waals surface area (Å²) in [7, 11) is 1.54. The lowest BCUT2D eigenvalue weighted by Gasteiger charge is -2.13. The van der Waals surface area contributed by atoms with Gasteiger partial charge in [-0.3, -0.25) is 9.00 Å². The monoisotopic (exact) mass is 300 g/mol. The van der Waals surface area contributed by atoms with Gasteiger partial charge in [0.2, 0.25) is 5.91 Å². The fourth-order valence-corrected chi connectivity index (χ4v) is 2.74. The molecule has 1 rings (SSSR count). The second kappa shape index (κ2) is 7.86. The molecule has 20 heavy (non-hydrogen) atoms. The van der Waals surface area contributed by atoms with Crippen molar-refractivity contribution in [3.8, 4) is 5.75 Å². The van der Waals surface area contributed by atoms with Gasteiger partial charge in [0.1, 0.15) is 11.5 Å². The zero-order chi connectivity index (χ0) is 15.1. The van der Waals surface area contributed by atoms with E-state index in [-0.39, 0.29) is 17.7 Å². The van der Waals surface area contributed by atoms with E-state index in [1.54, 1.807) is 25.3 Å². The van der Waals surface area contributed by atoms with E-state index in [1.165, 1.54) is 7.11 Å². The fraction of sp³-hybridized carbons (Fsp3) is 0.462. The zero-order valence-electron chi connectivity index (χ0n) is 11.8. The second-order valence-electron chi connectivity index (χ2n) is 4.32. The Bertz CT molecular complexity index is 493. The predicted molar refractivity (Wildman–Crippen MR) is 78.2 cm³/mol. The number of carbonyl (C=O) groups excluding carboxylic acids is 1. The third-order valence-electron chi connectivity index (χ3n) is 2.52. The third-order valence-corrected chi connectivity index (χ3v) is 3.87. The Morgan fingerprint density at radius 1 is 1.45 bits per heavy atom. The number of methoxy groups -OCH3 is 2. The predicted octanol–water partition coefficient (Wildman–Crippen LogP) is 0.536. The molecule has 0 saturated carbocycles. The van der Waals surface area contributed by atoms with Crippen LogP contribution in [-0.2, 0) is 20.3 Å². The quantitative estimate of drug-likeness (QED) is 0.717. The number of amides is 1. The van der Waals surface area contributed by atoms with Crippen LogP contribution < -0.4 is 15.8 Å². The van der Waals surface area contributed by atoms with Gasteiger partial charge in [-0.1, -0.05) is 0 Å². The van der Waals surface area contributed by atoms with Crippen LogP contribution in [0.15, 0.2) is 23.1 Å². The molecule has 0 aromatic heterocycles. The van der Waals surface area contributed by atoms with E-state index < -0.39 is 10.8 Å². The summed E-state index contributed by atoms with van der Waals surface area (Å²) in [5.74, 6) is -0.0123. The third kappa shape index (κ3) is 4.82. The number of nitrogens with two attached hydrogens (primary N) is 1. The average molecular weight is 300 g/mol. The van der Waals surface area contributed by atoms with Crippen molar-refractivity contribution in [3.05, 3.63) is 18.2 Å². The zero-order valence-corrected chi connectivity index (χ0v) is 12.7. The molecule has 0 spiro atoms. The molecule has 1 aromatic rings. The summed E-state index contributed by atoms with van der Waals surface area (Å²) in [6, 6.07) is 4.69. The molecule has 7 heteroatoms. The Morgan fingerprint density at radius 3 is 2.75 bits per heavy atom. The summed E-state index contributed by atoms with van der Waals surface area (Å²) >= 11 is 0. The number of benzene rings is 1. The maximum Gasteiger partial charge on any atom is 0.233 e. The van der Waals surface area contributed by atoms with E-state index in [0.717, 1.165) is 0 Å². The lowest BCUT2D eigenvalue weighted by molar-refractivity contribution is -0.119. The molecular formula is C13H20N2O4S. The van der Waals surface area contributed by atoms with Gasteiger partial charge in [-0.2, -0.15) is 0 Å². The highest BCUT2D eigenvalue weighted by Crippen LogP contribution is 2.24. The molecule has 0 aliphatic carbocycles. The maximum absolute atomic E-state index is 12.2. The summed E-state index contributed by atoms with van der Waals surface area (Å²) in [6.07, 6.45) is 0. The first kappa shape index (κ1) is 16.5. The Kier molecular flexibility index (Phi) is 6.47. The smallest absolute Gasteiger partial charge is 0.233 e. The summed E-state index contributed by atoms with van der Waals surface area (Å²) in [5.41, 5.74) is 6.15. The number of hydrogen-bond acceptors (Lipinski definition) is 5. The van der Waals surface area contributed by atoms with Gasteiger partial charge in [-0.05, 0) is 19.1 Å². The minimum absolute atomic E-state index is 0.127. The first-order valence-corrected chi connectivity index (χ1v) is 7.40. The van der Waals surface area contributed by atoms with Gasteiger partial charge in [-0.25, -0.2) is 0 Å². The van der Waals surface area contributed by atoms with Gasteiger partial charge in [0.25, 0.3) is 0 Å². The number of anilines is 1. The molecule has 1 aromatic carbocycles. The molecule has 2 atom stereocenters. The molecule has 6 nitrogen and oxygen atoms in total. The molecule has 0 bridgehead atoms. The maximum atomic E-state index is 12.2. The van der Waals surface area contributed by atoms with Crippen molar-refractivity contribution in [2.45, 2.75) is 17.9 Å². The van der Waals surface area contributed by atoms with Crippen molar-refractivity contribution < 1.29 is 18.5 Å². The van der Waals surface area contributed by atoms with Crippen LogP contribution in [0.4, 0.5) is 5.69 Å². The normalized spacial score (nSPS) is 13.6. The van der Waals surface area contributed by atoms with E-state index in [2.05, 4.69) is 5.32 Å². The van der Waals surface area contributed by atoms with Crippen molar-refractivity contribution in [2.75, 3.05) is 32.3 Å². The van der Waals surface area contributed by atoms with Crippen molar-refractivity contribution in [1.29, 1.82) is 0 Å². The van der Waals surface area contributed by atoms with E-state index in [0.29, 0.717) is 22.9 Å².